The second kappa shape index (κ2) is 8.42. The van der Waals surface area contributed by atoms with Crippen molar-refractivity contribution in [1.29, 1.82) is 0 Å². The molecular weight excluding hydrogens is 306 g/mol. The van der Waals surface area contributed by atoms with Crippen molar-refractivity contribution in [2.45, 2.75) is 19.9 Å². The molecular formula is C14H23N3O4S. The molecule has 0 bridgehead atoms. The molecule has 0 radical (unpaired) electrons. The number of piperazine rings is 1. The number of hydrogen-bond acceptors (Lipinski definition) is 7. The first-order chi connectivity index (χ1) is 10.6. The number of thiazole rings is 1. The van der Waals surface area contributed by atoms with Crippen LogP contribution in [0, 0.1) is 0 Å². The number of aliphatic hydroxyl groups excluding tert-OH is 1. The lowest BCUT2D eigenvalue weighted by Gasteiger charge is -2.34. The maximum atomic E-state index is 11.6. The summed E-state index contributed by atoms with van der Waals surface area (Å²) < 4.78 is 4.94. The van der Waals surface area contributed by atoms with Gasteiger partial charge in [-0.1, -0.05) is 11.3 Å². The number of carbonyl (C=O) groups is 1. The number of β-amino-alcohol motifs (C(OH)–C–C–N with tert-alkyl or cyclic N) is 1. The van der Waals surface area contributed by atoms with E-state index in [0.29, 0.717) is 25.4 Å². The number of H-pyrrole nitrogens is 1. The van der Waals surface area contributed by atoms with Gasteiger partial charge >= 0.3 is 10.8 Å². The number of aromatic amines is 1. The first-order valence-corrected chi connectivity index (χ1v) is 8.36. The van der Waals surface area contributed by atoms with E-state index < -0.39 is 0 Å². The summed E-state index contributed by atoms with van der Waals surface area (Å²) in [4.78, 5) is 31.2. The standard InChI is InChI=1S/C14H23N3O4S/c1-2-21-13(19)9-11-12(22-14(20)15-11)10-17-5-3-16(4-6-17)7-8-18/h18H,2-10H2,1H3,(H,15,20). The summed E-state index contributed by atoms with van der Waals surface area (Å²) in [7, 11) is 0. The number of esters is 1. The molecule has 0 unspecified atom stereocenters. The summed E-state index contributed by atoms with van der Waals surface area (Å²) in [6, 6.07) is 0. The summed E-state index contributed by atoms with van der Waals surface area (Å²) >= 11 is 1.16. The van der Waals surface area contributed by atoms with Gasteiger partial charge in [-0.05, 0) is 6.92 Å². The third-order valence-electron chi connectivity index (χ3n) is 3.68. The van der Waals surface area contributed by atoms with Gasteiger partial charge in [-0.25, -0.2) is 0 Å². The molecule has 2 N–H and O–H groups in total. The van der Waals surface area contributed by atoms with E-state index in [0.717, 1.165) is 42.4 Å². The predicted octanol–water partition coefficient (Wildman–Crippen LogP) is -0.348. The Bertz CT molecular complexity index is 534. The van der Waals surface area contributed by atoms with Gasteiger partial charge in [-0.2, -0.15) is 0 Å². The summed E-state index contributed by atoms with van der Waals surface area (Å²) in [5, 5.41) is 8.95. The van der Waals surface area contributed by atoms with Gasteiger partial charge < -0.3 is 14.8 Å². The molecule has 2 rings (SSSR count). The molecule has 1 saturated heterocycles. The normalized spacial score (nSPS) is 16.8. The van der Waals surface area contributed by atoms with E-state index in [1.165, 1.54) is 0 Å². The first kappa shape index (κ1) is 17.1. The van der Waals surface area contributed by atoms with Crippen LogP contribution < -0.4 is 4.87 Å². The van der Waals surface area contributed by atoms with Crippen LogP contribution in [0.4, 0.5) is 0 Å². The maximum absolute atomic E-state index is 11.6. The largest absolute Gasteiger partial charge is 0.466 e. The number of ether oxygens (including phenoxy) is 1. The molecule has 22 heavy (non-hydrogen) atoms. The second-order valence-corrected chi connectivity index (χ2v) is 6.31. The number of rotatable bonds is 7. The zero-order valence-electron chi connectivity index (χ0n) is 12.8. The Hall–Kier alpha value is -1.22. The number of nitrogens with zero attached hydrogens (tertiary/aromatic N) is 2. The van der Waals surface area contributed by atoms with Gasteiger partial charge in [-0.3, -0.25) is 19.4 Å². The lowest BCUT2D eigenvalue weighted by molar-refractivity contribution is -0.142. The minimum atomic E-state index is -0.314. The van der Waals surface area contributed by atoms with Crippen molar-refractivity contribution in [1.82, 2.24) is 14.8 Å². The van der Waals surface area contributed by atoms with Crippen LogP contribution in [0.5, 0.6) is 0 Å². The first-order valence-electron chi connectivity index (χ1n) is 7.54. The van der Waals surface area contributed by atoms with Gasteiger partial charge in [0.05, 0.1) is 19.6 Å². The van der Waals surface area contributed by atoms with Gasteiger partial charge in [0, 0.05) is 49.8 Å². The second-order valence-electron chi connectivity index (χ2n) is 5.24. The topological polar surface area (TPSA) is 85.9 Å². The van der Waals surface area contributed by atoms with Gasteiger partial charge in [0.25, 0.3) is 0 Å². The molecule has 0 spiro atoms. The zero-order chi connectivity index (χ0) is 15.9. The SMILES string of the molecule is CCOC(=O)Cc1[nH]c(=O)sc1CN1CCN(CCO)CC1. The predicted molar refractivity (Wildman–Crippen MR) is 84.1 cm³/mol. The molecule has 1 fully saturated rings. The number of nitrogens with one attached hydrogen (secondary N) is 1. The smallest absolute Gasteiger partial charge is 0.311 e. The van der Waals surface area contributed by atoms with E-state index in [2.05, 4.69) is 14.8 Å². The minimum Gasteiger partial charge on any atom is -0.466 e. The van der Waals surface area contributed by atoms with Gasteiger partial charge in [0.2, 0.25) is 0 Å². The summed E-state index contributed by atoms with van der Waals surface area (Å²) in [6.07, 6.45) is 0.117. The van der Waals surface area contributed by atoms with Crippen LogP contribution in [0.15, 0.2) is 4.79 Å². The highest BCUT2D eigenvalue weighted by molar-refractivity contribution is 7.09. The van der Waals surface area contributed by atoms with Crippen LogP contribution in [0.3, 0.4) is 0 Å². The van der Waals surface area contributed by atoms with Crippen molar-refractivity contribution >= 4 is 17.3 Å². The van der Waals surface area contributed by atoms with Crippen molar-refractivity contribution in [3.63, 3.8) is 0 Å². The van der Waals surface area contributed by atoms with Gasteiger partial charge in [0.1, 0.15) is 0 Å². The number of carbonyl (C=O) groups excluding carboxylic acids is 1. The van der Waals surface area contributed by atoms with Gasteiger partial charge in [0.15, 0.2) is 0 Å². The molecule has 2 heterocycles. The lowest BCUT2D eigenvalue weighted by atomic mass is 10.2. The Morgan fingerprint density at radius 3 is 2.64 bits per heavy atom. The minimum absolute atomic E-state index is 0.117. The van der Waals surface area contributed by atoms with Crippen LogP contribution in [-0.4, -0.2) is 71.8 Å². The van der Waals surface area contributed by atoms with E-state index in [1.54, 1.807) is 6.92 Å². The van der Waals surface area contributed by atoms with Crippen molar-refractivity contribution in [3.05, 3.63) is 20.2 Å². The summed E-state index contributed by atoms with van der Waals surface area (Å²) in [6.45, 7) is 7.28. The Morgan fingerprint density at radius 1 is 1.32 bits per heavy atom. The third kappa shape index (κ3) is 4.91. The fraction of sp³-hybridized carbons (Fsp3) is 0.714. The molecule has 0 amide bonds. The van der Waals surface area contributed by atoms with Gasteiger partial charge in [-0.15, -0.1) is 0 Å². The molecule has 124 valence electrons. The molecule has 1 aromatic rings. The monoisotopic (exact) mass is 329 g/mol. The highest BCUT2D eigenvalue weighted by Crippen LogP contribution is 2.15. The Morgan fingerprint density at radius 2 is 2.00 bits per heavy atom. The highest BCUT2D eigenvalue weighted by Gasteiger charge is 2.20. The Balaban J connectivity index is 1.93. The molecule has 0 aliphatic carbocycles. The highest BCUT2D eigenvalue weighted by atomic mass is 32.1. The third-order valence-corrected chi connectivity index (χ3v) is 4.59. The average Bonchev–Trinajstić information content (AvgIpc) is 2.81. The molecule has 1 aliphatic rings. The number of aliphatic hydroxyl groups is 1. The maximum Gasteiger partial charge on any atom is 0.311 e. The molecule has 0 saturated carbocycles. The number of hydrogen-bond donors (Lipinski definition) is 2. The molecule has 0 atom stereocenters. The molecule has 1 aliphatic heterocycles. The quantitative estimate of drug-likeness (QED) is 0.665. The van der Waals surface area contributed by atoms with E-state index in [9.17, 15) is 9.59 Å². The zero-order valence-corrected chi connectivity index (χ0v) is 13.7. The van der Waals surface area contributed by atoms with Crippen LogP contribution in [0.25, 0.3) is 0 Å². The molecule has 1 aromatic heterocycles. The molecule has 8 heteroatoms. The van der Waals surface area contributed by atoms with Crippen LogP contribution >= 0.6 is 11.3 Å². The van der Waals surface area contributed by atoms with Crippen molar-refractivity contribution in [3.8, 4) is 0 Å². The fourth-order valence-corrected chi connectivity index (χ4v) is 3.43. The molecule has 0 aromatic carbocycles. The Labute approximate surface area is 133 Å². The summed E-state index contributed by atoms with van der Waals surface area (Å²) in [5.74, 6) is -0.314. The number of aromatic nitrogens is 1. The lowest BCUT2D eigenvalue weighted by Crippen LogP contribution is -2.46. The van der Waals surface area contributed by atoms with Crippen molar-refractivity contribution in [2.75, 3.05) is 45.9 Å². The van der Waals surface area contributed by atoms with Crippen molar-refractivity contribution < 1.29 is 14.6 Å². The summed E-state index contributed by atoms with van der Waals surface area (Å²) in [5.41, 5.74) is 0.672. The van der Waals surface area contributed by atoms with Crippen LogP contribution in [-0.2, 0) is 22.5 Å². The fourth-order valence-electron chi connectivity index (χ4n) is 2.53. The van der Waals surface area contributed by atoms with E-state index in [-0.39, 0.29) is 23.9 Å². The Kier molecular flexibility index (Phi) is 6.56. The average molecular weight is 329 g/mol. The van der Waals surface area contributed by atoms with E-state index in [4.69, 9.17) is 9.84 Å². The van der Waals surface area contributed by atoms with Crippen molar-refractivity contribution in [2.24, 2.45) is 0 Å². The van der Waals surface area contributed by atoms with E-state index in [1.807, 2.05) is 0 Å². The van der Waals surface area contributed by atoms with E-state index >= 15 is 0 Å². The molecule has 7 nitrogen and oxygen atoms in total. The van der Waals surface area contributed by atoms with Crippen LogP contribution in [0.2, 0.25) is 0 Å². The van der Waals surface area contributed by atoms with Crippen LogP contribution in [0.1, 0.15) is 17.5 Å².